The van der Waals surface area contributed by atoms with E-state index in [0.717, 1.165) is 25.3 Å². The first-order valence-corrected chi connectivity index (χ1v) is 8.76. The maximum Gasteiger partial charge on any atom is 0.241 e. The largest absolute Gasteiger partial charge is 0.487 e. The molecule has 0 aromatic carbocycles. The van der Waals surface area contributed by atoms with Crippen LogP contribution in [-0.2, 0) is 20.0 Å². The maximum absolute atomic E-state index is 11.4. The van der Waals surface area contributed by atoms with Gasteiger partial charge in [0.2, 0.25) is 20.0 Å². The van der Waals surface area contributed by atoms with Crippen molar-refractivity contribution in [3.8, 4) is 5.75 Å². The molecule has 1 aliphatic rings. The van der Waals surface area contributed by atoms with E-state index in [9.17, 15) is 16.8 Å². The summed E-state index contributed by atoms with van der Waals surface area (Å²) in [7, 11) is -7.79. The summed E-state index contributed by atoms with van der Waals surface area (Å²) < 4.78 is 53.0. The van der Waals surface area contributed by atoms with Crippen LogP contribution in [0.5, 0.6) is 5.75 Å². The topological polar surface area (TPSA) is 128 Å². The summed E-state index contributed by atoms with van der Waals surface area (Å²) in [6.07, 6.45) is 4.75. The predicted octanol–water partition coefficient (Wildman–Crippen LogP) is -0.358. The number of sulfonamides is 2. The van der Waals surface area contributed by atoms with Gasteiger partial charge in [0.25, 0.3) is 0 Å². The molecule has 1 aromatic rings. The molecular weight excluding hydrogens is 294 g/mol. The molecule has 10 heteroatoms. The Morgan fingerprint density at radius 1 is 1.32 bits per heavy atom. The Hall–Kier alpha value is -1.39. The van der Waals surface area contributed by atoms with Crippen molar-refractivity contribution in [3.63, 3.8) is 0 Å². The Morgan fingerprint density at radius 2 is 1.95 bits per heavy atom. The molecule has 0 amide bonds. The molecule has 1 fully saturated rings. The number of pyridine rings is 1. The minimum Gasteiger partial charge on any atom is -0.487 e. The highest BCUT2D eigenvalue weighted by Crippen LogP contribution is 2.35. The number of hydrogen-bond acceptors (Lipinski definition) is 6. The van der Waals surface area contributed by atoms with Crippen LogP contribution in [0.1, 0.15) is 12.8 Å². The lowest BCUT2D eigenvalue weighted by Crippen LogP contribution is -2.19. The van der Waals surface area contributed by atoms with Crippen molar-refractivity contribution in [2.24, 2.45) is 5.14 Å². The molecule has 3 N–H and O–H groups in total. The quantitative estimate of drug-likeness (QED) is 0.764. The monoisotopic (exact) mass is 307 g/mol. The van der Waals surface area contributed by atoms with E-state index in [0.29, 0.717) is 0 Å². The van der Waals surface area contributed by atoms with Crippen LogP contribution in [0.2, 0.25) is 0 Å². The highest BCUT2D eigenvalue weighted by Gasteiger charge is 2.28. The zero-order chi connectivity index (χ0) is 14.3. The summed E-state index contributed by atoms with van der Waals surface area (Å²) in [4.78, 5) is 3.28. The number of nitrogens with zero attached hydrogens (tertiary/aromatic N) is 1. The van der Waals surface area contributed by atoms with E-state index in [-0.39, 0.29) is 17.5 Å². The summed E-state index contributed by atoms with van der Waals surface area (Å²) in [5.41, 5.74) is -0.202. The Labute approximate surface area is 111 Å². The van der Waals surface area contributed by atoms with Crippen LogP contribution < -0.4 is 14.6 Å². The van der Waals surface area contributed by atoms with Gasteiger partial charge in [-0.15, -0.1) is 0 Å². The van der Waals surface area contributed by atoms with Crippen LogP contribution in [-0.4, -0.2) is 34.2 Å². The normalized spacial score (nSPS) is 16.1. The third kappa shape index (κ3) is 3.78. The second-order valence-electron chi connectivity index (χ2n) is 4.25. The van der Waals surface area contributed by atoms with Crippen LogP contribution in [0.15, 0.2) is 17.3 Å². The summed E-state index contributed by atoms with van der Waals surface area (Å²) in [5, 5.41) is 5.03. The van der Waals surface area contributed by atoms with Gasteiger partial charge in [-0.3, -0.25) is 9.71 Å². The Morgan fingerprint density at radius 3 is 2.42 bits per heavy atom. The van der Waals surface area contributed by atoms with Crippen LogP contribution in [0.25, 0.3) is 0 Å². The predicted molar refractivity (Wildman–Crippen MR) is 67.7 cm³/mol. The lowest BCUT2D eigenvalue weighted by atomic mass is 10.4. The standard InChI is InChI=1S/C9H13N3O5S2/c1-18(13,14)12-9-7(17-6-2-3-6)4-11-5-8(9)19(10,15)16/h4-6H,2-3H2,1H3,(H,11,12)(H2,10,15,16). The van der Waals surface area contributed by atoms with Crippen LogP contribution in [0.4, 0.5) is 5.69 Å². The number of anilines is 1. The first-order chi connectivity index (χ1) is 8.67. The smallest absolute Gasteiger partial charge is 0.241 e. The molecule has 1 saturated carbocycles. The Balaban J connectivity index is 2.53. The fraction of sp³-hybridized carbons (Fsp3) is 0.444. The average molecular weight is 307 g/mol. The van der Waals surface area contributed by atoms with Crippen molar-refractivity contribution in [2.75, 3.05) is 11.0 Å². The molecule has 1 heterocycles. The van der Waals surface area contributed by atoms with Crippen molar-refractivity contribution >= 4 is 25.7 Å². The Kier molecular flexibility index (Phi) is 3.41. The van der Waals surface area contributed by atoms with Gasteiger partial charge >= 0.3 is 0 Å². The number of nitrogens with one attached hydrogen (secondary N) is 1. The number of ether oxygens (including phenoxy) is 1. The van der Waals surface area contributed by atoms with Gasteiger partial charge in [0.05, 0.1) is 18.6 Å². The van der Waals surface area contributed by atoms with Crippen molar-refractivity contribution in [3.05, 3.63) is 12.4 Å². The summed E-state index contributed by atoms with van der Waals surface area (Å²) in [6, 6.07) is 0. The highest BCUT2D eigenvalue weighted by molar-refractivity contribution is 7.92. The lowest BCUT2D eigenvalue weighted by Gasteiger charge is -2.14. The van der Waals surface area contributed by atoms with Crippen molar-refractivity contribution in [2.45, 2.75) is 23.8 Å². The zero-order valence-electron chi connectivity index (χ0n) is 10.0. The van der Waals surface area contributed by atoms with Gasteiger partial charge in [-0.1, -0.05) is 0 Å². The second-order valence-corrected chi connectivity index (χ2v) is 7.53. The lowest BCUT2D eigenvalue weighted by molar-refractivity contribution is 0.303. The van der Waals surface area contributed by atoms with E-state index in [1.807, 2.05) is 0 Å². The van der Waals surface area contributed by atoms with E-state index < -0.39 is 24.9 Å². The molecule has 106 valence electrons. The first kappa shape index (κ1) is 14.0. The first-order valence-electron chi connectivity index (χ1n) is 5.32. The second kappa shape index (κ2) is 4.62. The molecule has 0 spiro atoms. The minimum absolute atomic E-state index is 0.0439. The molecule has 19 heavy (non-hydrogen) atoms. The molecule has 0 saturated heterocycles. The number of rotatable bonds is 5. The molecule has 0 radical (unpaired) electrons. The van der Waals surface area contributed by atoms with Gasteiger partial charge in [0.1, 0.15) is 10.6 Å². The molecule has 1 aromatic heterocycles. The van der Waals surface area contributed by atoms with Crippen LogP contribution in [0.3, 0.4) is 0 Å². The molecular formula is C9H13N3O5S2. The highest BCUT2D eigenvalue weighted by atomic mass is 32.2. The van der Waals surface area contributed by atoms with Crippen molar-refractivity contribution in [1.29, 1.82) is 0 Å². The van der Waals surface area contributed by atoms with Crippen molar-refractivity contribution in [1.82, 2.24) is 4.98 Å². The number of nitrogens with two attached hydrogens (primary N) is 1. The summed E-state index contributed by atoms with van der Waals surface area (Å²) >= 11 is 0. The average Bonchev–Trinajstić information content (AvgIpc) is 3.00. The van der Waals surface area contributed by atoms with E-state index in [1.54, 1.807) is 0 Å². The van der Waals surface area contributed by atoms with Crippen LogP contribution >= 0.6 is 0 Å². The third-order valence-corrected chi connectivity index (χ3v) is 3.79. The minimum atomic E-state index is -4.11. The van der Waals surface area contributed by atoms with Gasteiger partial charge in [0, 0.05) is 6.20 Å². The maximum atomic E-state index is 11.4. The van der Waals surface area contributed by atoms with Gasteiger partial charge in [-0.25, -0.2) is 22.0 Å². The van der Waals surface area contributed by atoms with Gasteiger partial charge in [0.15, 0.2) is 5.75 Å². The molecule has 0 bridgehead atoms. The van der Waals surface area contributed by atoms with E-state index in [1.165, 1.54) is 6.20 Å². The summed E-state index contributed by atoms with van der Waals surface area (Å²) in [5.74, 6) is 0.0550. The zero-order valence-corrected chi connectivity index (χ0v) is 11.7. The Bertz CT molecular complexity index is 695. The van der Waals surface area contributed by atoms with Gasteiger partial charge < -0.3 is 4.74 Å². The summed E-state index contributed by atoms with van der Waals surface area (Å²) in [6.45, 7) is 0. The van der Waals surface area contributed by atoms with Crippen LogP contribution in [0, 0.1) is 0 Å². The third-order valence-electron chi connectivity index (χ3n) is 2.29. The fourth-order valence-electron chi connectivity index (χ4n) is 1.38. The van der Waals surface area contributed by atoms with E-state index in [4.69, 9.17) is 9.88 Å². The molecule has 0 unspecified atom stereocenters. The van der Waals surface area contributed by atoms with Crippen molar-refractivity contribution < 1.29 is 21.6 Å². The van der Waals surface area contributed by atoms with Gasteiger partial charge in [-0.05, 0) is 12.8 Å². The fourth-order valence-corrected chi connectivity index (χ4v) is 2.67. The molecule has 0 aliphatic heterocycles. The number of aromatic nitrogens is 1. The molecule has 8 nitrogen and oxygen atoms in total. The molecule has 1 aliphatic carbocycles. The van der Waals surface area contributed by atoms with E-state index >= 15 is 0 Å². The molecule has 2 rings (SSSR count). The SMILES string of the molecule is CS(=O)(=O)Nc1c(OC2CC2)cncc1S(N)(=O)=O. The number of hydrogen-bond donors (Lipinski definition) is 2. The van der Waals surface area contributed by atoms with E-state index in [2.05, 4.69) is 9.71 Å². The van der Waals surface area contributed by atoms with Gasteiger partial charge in [-0.2, -0.15) is 0 Å². The number of primary sulfonamides is 1. The molecule has 0 atom stereocenters.